The third kappa shape index (κ3) is 23.8. The zero-order valence-electron chi connectivity index (χ0n) is 19.9. The fourth-order valence-corrected chi connectivity index (χ4v) is 2.95. The highest BCUT2D eigenvalue weighted by Gasteiger charge is 2.24. The third-order valence-electron chi connectivity index (χ3n) is 4.23. The molecule has 0 bridgehead atoms. The number of carbonyl (C=O) groups is 2. The van der Waals surface area contributed by atoms with Crippen LogP contribution in [0.1, 0.15) is 77.6 Å². The Kier molecular flexibility index (Phi) is 19.5. The summed E-state index contributed by atoms with van der Waals surface area (Å²) < 4.78 is 25.0. The normalized spacial score (nSPS) is 10.3. The van der Waals surface area contributed by atoms with Gasteiger partial charge in [0.1, 0.15) is 6.61 Å². The summed E-state index contributed by atoms with van der Waals surface area (Å²) in [5.41, 5.74) is 0. The highest BCUT2D eigenvalue weighted by molar-refractivity contribution is 7.46. The lowest BCUT2D eigenvalue weighted by atomic mass is 10.1. The summed E-state index contributed by atoms with van der Waals surface area (Å²) in [6.07, 6.45) is 14.3. The zero-order valence-corrected chi connectivity index (χ0v) is 20.8. The van der Waals surface area contributed by atoms with Crippen LogP contribution in [0, 0.1) is 59.7 Å². The van der Waals surface area contributed by atoms with Gasteiger partial charge < -0.3 is 19.3 Å². The van der Waals surface area contributed by atoms with Crippen molar-refractivity contribution in [3.8, 4) is 59.7 Å². The number of hydrogen-bond acceptors (Lipinski definition) is 6. The van der Waals surface area contributed by atoms with Crippen LogP contribution >= 0.6 is 7.82 Å². The highest BCUT2D eigenvalue weighted by atomic mass is 31.2. The van der Waals surface area contributed by atoms with E-state index in [9.17, 15) is 14.2 Å². The summed E-state index contributed by atoms with van der Waals surface area (Å²) in [6.45, 7) is 1.33. The standard InChI is InChI=1S/C26H31O8P/c1-3-5-7-9-11-13-14-16-18-20-22-25(28)34-26(23-32-35(29,30)31)33-24(27)21-19-17-15-12-10-8-6-4-2/h2,26H,3,5,7,9,11,13-14,16,18,20,22-23H2,1H3,(H2,29,30,31)/t26-/m1/s1. The predicted molar refractivity (Wildman–Crippen MR) is 130 cm³/mol. The monoisotopic (exact) mass is 502 g/mol. The summed E-state index contributed by atoms with van der Waals surface area (Å²) in [5, 5.41) is 0. The fraction of sp³-hybridized carbons (Fsp3) is 0.538. The molecular weight excluding hydrogens is 471 g/mol. The Morgan fingerprint density at radius 3 is 1.86 bits per heavy atom. The van der Waals surface area contributed by atoms with Crippen LogP contribution < -0.4 is 0 Å². The molecule has 0 rings (SSSR count). The molecule has 0 saturated heterocycles. The number of carbonyl (C=O) groups excluding carboxylic acids is 2. The molecule has 1 atom stereocenters. The van der Waals surface area contributed by atoms with Crippen molar-refractivity contribution in [1.29, 1.82) is 0 Å². The first-order valence-electron chi connectivity index (χ1n) is 11.3. The number of terminal acetylenes is 1. The SMILES string of the molecule is C#CC#CC#CC#CC#CC(=O)O[C@@H](COP(=O)(O)O)OC(=O)CCCCCCCCCCCC. The Bertz CT molecular complexity index is 989. The van der Waals surface area contributed by atoms with Gasteiger partial charge in [0, 0.05) is 12.3 Å². The number of phosphoric acid groups is 1. The minimum absolute atomic E-state index is 0.0683. The first-order chi connectivity index (χ1) is 16.8. The van der Waals surface area contributed by atoms with Crippen molar-refractivity contribution >= 4 is 19.8 Å². The molecule has 0 aromatic rings. The number of phosphoric ester groups is 1. The number of rotatable bonds is 16. The van der Waals surface area contributed by atoms with E-state index in [1.54, 1.807) is 0 Å². The molecule has 2 N–H and O–H groups in total. The number of ether oxygens (including phenoxy) is 2. The van der Waals surface area contributed by atoms with Crippen molar-refractivity contribution in [3.63, 3.8) is 0 Å². The zero-order chi connectivity index (χ0) is 26.2. The fourth-order valence-electron chi connectivity index (χ4n) is 2.64. The van der Waals surface area contributed by atoms with Crippen LogP contribution in [-0.4, -0.2) is 34.6 Å². The van der Waals surface area contributed by atoms with Gasteiger partial charge in [0.15, 0.2) is 0 Å². The summed E-state index contributed by atoms with van der Waals surface area (Å²) in [4.78, 5) is 41.5. The van der Waals surface area contributed by atoms with E-state index < -0.39 is 32.7 Å². The second-order valence-corrected chi connectivity index (χ2v) is 8.43. The van der Waals surface area contributed by atoms with E-state index in [0.717, 1.165) is 19.3 Å². The Morgan fingerprint density at radius 1 is 0.800 bits per heavy atom. The predicted octanol–water partition coefficient (Wildman–Crippen LogP) is 3.47. The van der Waals surface area contributed by atoms with Crippen LogP contribution in [0.3, 0.4) is 0 Å². The number of hydrogen-bond donors (Lipinski definition) is 2. The smallest absolute Gasteiger partial charge is 0.422 e. The minimum atomic E-state index is -4.87. The van der Waals surface area contributed by atoms with Crippen LogP contribution in [0.15, 0.2) is 0 Å². The molecule has 0 unspecified atom stereocenters. The molecule has 0 saturated carbocycles. The van der Waals surface area contributed by atoms with Gasteiger partial charge in [0.2, 0.25) is 0 Å². The van der Waals surface area contributed by atoms with Gasteiger partial charge in [-0.1, -0.05) is 64.7 Å². The Morgan fingerprint density at radius 2 is 1.31 bits per heavy atom. The van der Waals surface area contributed by atoms with E-state index in [1.807, 2.05) is 5.92 Å². The molecule has 0 aliphatic heterocycles. The van der Waals surface area contributed by atoms with Crippen molar-refractivity contribution in [3.05, 3.63) is 0 Å². The van der Waals surface area contributed by atoms with Crippen molar-refractivity contribution in [1.82, 2.24) is 0 Å². The highest BCUT2D eigenvalue weighted by Crippen LogP contribution is 2.36. The molecule has 188 valence electrons. The molecule has 9 heteroatoms. The van der Waals surface area contributed by atoms with Crippen LogP contribution in [0.25, 0.3) is 0 Å². The van der Waals surface area contributed by atoms with Crippen LogP contribution in [0.2, 0.25) is 0 Å². The first kappa shape index (κ1) is 31.8. The molecule has 8 nitrogen and oxygen atoms in total. The van der Waals surface area contributed by atoms with Crippen molar-refractivity contribution in [2.24, 2.45) is 0 Å². The van der Waals surface area contributed by atoms with E-state index in [4.69, 9.17) is 25.7 Å². The molecule has 0 aliphatic rings. The second kappa shape index (κ2) is 21.4. The van der Waals surface area contributed by atoms with Crippen LogP contribution in [0.5, 0.6) is 0 Å². The molecule has 0 aliphatic carbocycles. The van der Waals surface area contributed by atoms with E-state index >= 15 is 0 Å². The Balaban J connectivity index is 4.49. The van der Waals surface area contributed by atoms with Gasteiger partial charge in [0.05, 0.1) is 0 Å². The molecule has 0 radical (unpaired) electrons. The summed E-state index contributed by atoms with van der Waals surface area (Å²) in [5.74, 6) is 18.3. The first-order valence-corrected chi connectivity index (χ1v) is 12.9. The minimum Gasteiger partial charge on any atom is -0.422 e. The Hall–Kier alpha value is -3.15. The molecule has 0 spiro atoms. The maximum Gasteiger partial charge on any atom is 0.469 e. The molecule has 0 fully saturated rings. The van der Waals surface area contributed by atoms with Gasteiger partial charge in [-0.15, -0.1) is 6.42 Å². The lowest BCUT2D eigenvalue weighted by Gasteiger charge is -2.17. The maximum absolute atomic E-state index is 12.0. The average molecular weight is 503 g/mol. The molecular formula is C26H31O8P. The number of unbranched alkanes of at least 4 members (excludes halogenated alkanes) is 9. The molecule has 0 amide bonds. The van der Waals surface area contributed by atoms with Crippen molar-refractivity contribution in [2.75, 3.05) is 6.61 Å². The lowest BCUT2D eigenvalue weighted by molar-refractivity contribution is -0.189. The topological polar surface area (TPSA) is 119 Å². The second-order valence-electron chi connectivity index (χ2n) is 7.19. The summed E-state index contributed by atoms with van der Waals surface area (Å²) in [7, 11) is -4.87. The van der Waals surface area contributed by atoms with Crippen molar-refractivity contribution in [2.45, 2.75) is 83.8 Å². The van der Waals surface area contributed by atoms with Gasteiger partial charge in [-0.2, -0.15) is 0 Å². The lowest BCUT2D eigenvalue weighted by Crippen LogP contribution is -2.28. The quantitative estimate of drug-likeness (QED) is 0.0823. The summed E-state index contributed by atoms with van der Waals surface area (Å²) >= 11 is 0. The van der Waals surface area contributed by atoms with E-state index in [1.165, 1.54) is 38.5 Å². The van der Waals surface area contributed by atoms with E-state index in [2.05, 4.69) is 58.8 Å². The van der Waals surface area contributed by atoms with Crippen LogP contribution in [0.4, 0.5) is 0 Å². The molecule has 0 aromatic carbocycles. The molecule has 0 heterocycles. The van der Waals surface area contributed by atoms with Gasteiger partial charge in [-0.3, -0.25) is 9.32 Å². The summed E-state index contributed by atoms with van der Waals surface area (Å²) in [6, 6.07) is 0. The van der Waals surface area contributed by atoms with E-state index in [0.29, 0.717) is 6.42 Å². The number of esters is 2. The largest absolute Gasteiger partial charge is 0.469 e. The van der Waals surface area contributed by atoms with Crippen LogP contribution in [-0.2, 0) is 28.2 Å². The third-order valence-corrected chi connectivity index (χ3v) is 4.71. The van der Waals surface area contributed by atoms with Crippen molar-refractivity contribution < 1.29 is 37.9 Å². The van der Waals surface area contributed by atoms with Gasteiger partial charge in [-0.05, 0) is 53.8 Å². The van der Waals surface area contributed by atoms with Gasteiger partial charge in [0.25, 0.3) is 6.29 Å². The molecule has 0 aromatic heterocycles. The van der Waals surface area contributed by atoms with Gasteiger partial charge in [-0.25, -0.2) is 9.36 Å². The maximum atomic E-state index is 12.0. The van der Waals surface area contributed by atoms with Gasteiger partial charge >= 0.3 is 19.8 Å². The average Bonchev–Trinajstić information content (AvgIpc) is 2.80. The van der Waals surface area contributed by atoms with E-state index in [-0.39, 0.29) is 6.42 Å². The Labute approximate surface area is 208 Å². The molecule has 35 heavy (non-hydrogen) atoms.